The largest absolute Gasteiger partial charge is 0.389 e. The molecular weight excluding hydrogens is 365 g/mol. The zero-order chi connectivity index (χ0) is 18.1. The molecule has 0 aromatic carbocycles. The van der Waals surface area contributed by atoms with E-state index in [2.05, 4.69) is 26.4 Å². The van der Waals surface area contributed by atoms with Crippen LogP contribution >= 0.6 is 6.72 Å². The lowest BCUT2D eigenvalue weighted by Gasteiger charge is -2.28. The predicted molar refractivity (Wildman–Crippen MR) is 83.5 cm³/mol. The van der Waals surface area contributed by atoms with Gasteiger partial charge in [-0.05, 0) is 24.3 Å². The van der Waals surface area contributed by atoms with Gasteiger partial charge in [0.25, 0.3) is 5.56 Å². The molecule has 0 amide bonds. The van der Waals surface area contributed by atoms with Crippen molar-refractivity contribution in [2.24, 2.45) is 5.11 Å². The Bertz CT molecular complexity index is 829. The van der Waals surface area contributed by atoms with Gasteiger partial charge in [0.15, 0.2) is 6.23 Å². The molecule has 1 fully saturated rings. The lowest BCUT2D eigenvalue weighted by molar-refractivity contribution is -0.0457. The van der Waals surface area contributed by atoms with Crippen LogP contribution in [0.3, 0.4) is 0 Å². The second-order valence-electron chi connectivity index (χ2n) is 5.19. The fraction of sp³-hybridized carbons (Fsp3) is 0.600. The first kappa shape index (κ1) is 18.8. The molecule has 132 valence electrons. The Hall–Kier alpha value is -1.56. The maximum absolute atomic E-state index is 11.9. The number of nitrogens with zero attached hydrogens (tertiary/aromatic N) is 4. The van der Waals surface area contributed by atoms with E-state index in [4.69, 9.17) is 20.1 Å². The lowest BCUT2D eigenvalue weighted by atomic mass is 9.93. The van der Waals surface area contributed by atoms with Crippen molar-refractivity contribution in [1.29, 1.82) is 0 Å². The molecule has 4 atom stereocenters. The van der Waals surface area contributed by atoms with Gasteiger partial charge in [0.05, 0.1) is 12.7 Å². The summed E-state index contributed by atoms with van der Waals surface area (Å²) in [4.78, 5) is 46.0. The Kier molecular flexibility index (Phi) is 5.28. The van der Waals surface area contributed by atoms with Gasteiger partial charge >= 0.3 is 12.4 Å². The molecule has 0 aliphatic carbocycles. The standard InChI is InChI=1S/C10H14N5O7PS/c1-10(13-14-11)7(17)5(4-21-23(19,20)24)22-8(10)15-3-2-6(16)12-9(15)18/h2-3,5,7-8,17H,4H2,1H3,(H,12,16,18)(H2,19,20,24)/t5-,7?,8-,10?/m1/s1. The van der Waals surface area contributed by atoms with Crippen molar-refractivity contribution < 1.29 is 24.2 Å². The van der Waals surface area contributed by atoms with E-state index in [1.807, 2.05) is 4.98 Å². The molecule has 1 aromatic heterocycles. The summed E-state index contributed by atoms with van der Waals surface area (Å²) in [6.07, 6.45) is -2.75. The number of hydrogen-bond acceptors (Lipinski definition) is 7. The van der Waals surface area contributed by atoms with E-state index in [9.17, 15) is 14.7 Å². The number of ether oxygens (including phenoxy) is 1. The minimum Gasteiger partial charge on any atom is -0.389 e. The third-order valence-corrected chi connectivity index (χ3v) is 4.33. The minimum absolute atomic E-state index is 0.503. The molecule has 14 heteroatoms. The molecule has 1 saturated heterocycles. The second kappa shape index (κ2) is 6.75. The van der Waals surface area contributed by atoms with Gasteiger partial charge in [-0.1, -0.05) is 5.11 Å². The first-order chi connectivity index (χ1) is 11.1. The van der Waals surface area contributed by atoms with Gasteiger partial charge in [-0.25, -0.2) is 4.79 Å². The molecule has 0 radical (unpaired) electrons. The van der Waals surface area contributed by atoms with Crippen LogP contribution in [-0.2, 0) is 21.1 Å². The fourth-order valence-corrected chi connectivity index (χ4v) is 2.89. The van der Waals surface area contributed by atoms with E-state index < -0.39 is 48.5 Å². The SMILES string of the molecule is CC1(N=[N+]=[N-])C(O)[C@@H](COP(O)(O)=S)O[C@H]1n1ccc(=O)[nH]c1=O. The highest BCUT2D eigenvalue weighted by Gasteiger charge is 2.54. The van der Waals surface area contributed by atoms with E-state index in [0.717, 1.165) is 16.8 Å². The number of hydrogen-bond donors (Lipinski definition) is 4. The van der Waals surface area contributed by atoms with Crippen LogP contribution in [0.25, 0.3) is 10.4 Å². The van der Waals surface area contributed by atoms with Crippen LogP contribution in [0.5, 0.6) is 0 Å². The molecule has 12 nitrogen and oxygen atoms in total. The summed E-state index contributed by atoms with van der Waals surface area (Å²) in [6, 6.07) is 1.05. The van der Waals surface area contributed by atoms with Crippen molar-refractivity contribution in [3.8, 4) is 0 Å². The summed E-state index contributed by atoms with van der Waals surface area (Å²) in [5.41, 5.74) is 5.66. The van der Waals surface area contributed by atoms with E-state index in [-0.39, 0.29) is 0 Å². The predicted octanol–water partition coefficient (Wildman–Crippen LogP) is -0.910. The number of azide groups is 1. The molecule has 0 saturated carbocycles. The molecule has 0 spiro atoms. The Morgan fingerprint density at radius 1 is 1.62 bits per heavy atom. The first-order valence-corrected chi connectivity index (χ1v) is 9.12. The van der Waals surface area contributed by atoms with Crippen LogP contribution in [-0.4, -0.2) is 48.8 Å². The molecule has 2 unspecified atom stereocenters. The molecule has 24 heavy (non-hydrogen) atoms. The van der Waals surface area contributed by atoms with Gasteiger partial charge in [-0.2, -0.15) is 0 Å². The van der Waals surface area contributed by atoms with Crippen LogP contribution in [0.2, 0.25) is 0 Å². The number of nitrogens with one attached hydrogen (secondary N) is 1. The normalized spacial score (nSPS) is 30.1. The molecule has 2 heterocycles. The summed E-state index contributed by atoms with van der Waals surface area (Å²) in [5, 5.41) is 13.9. The Labute approximate surface area is 139 Å². The maximum Gasteiger partial charge on any atom is 0.330 e. The molecule has 4 N–H and O–H groups in total. The number of aliphatic hydroxyl groups is 1. The summed E-state index contributed by atoms with van der Waals surface area (Å²) >= 11 is 4.31. The van der Waals surface area contributed by atoms with Crippen molar-refractivity contribution in [2.45, 2.75) is 30.9 Å². The van der Waals surface area contributed by atoms with E-state index >= 15 is 0 Å². The van der Waals surface area contributed by atoms with E-state index in [1.165, 1.54) is 6.92 Å². The van der Waals surface area contributed by atoms with Crippen LogP contribution in [0.1, 0.15) is 13.2 Å². The highest BCUT2D eigenvalue weighted by Crippen LogP contribution is 2.43. The summed E-state index contributed by atoms with van der Waals surface area (Å²) < 4.78 is 11.1. The molecule has 1 aliphatic rings. The minimum atomic E-state index is -3.99. The number of aliphatic hydroxyl groups excluding tert-OH is 1. The van der Waals surface area contributed by atoms with Gasteiger partial charge in [0, 0.05) is 17.2 Å². The number of aromatic amines is 1. The van der Waals surface area contributed by atoms with Crippen LogP contribution in [0, 0.1) is 0 Å². The first-order valence-electron chi connectivity index (χ1n) is 6.50. The third-order valence-electron chi connectivity index (χ3n) is 3.53. The third kappa shape index (κ3) is 3.74. The molecular formula is C10H14N5O7PS. The summed E-state index contributed by atoms with van der Waals surface area (Å²) in [6.45, 7) is -3.15. The Morgan fingerprint density at radius 3 is 2.83 bits per heavy atom. The van der Waals surface area contributed by atoms with Crippen LogP contribution in [0.4, 0.5) is 0 Å². The Morgan fingerprint density at radius 2 is 2.29 bits per heavy atom. The lowest BCUT2D eigenvalue weighted by Crippen LogP contribution is -2.45. The maximum atomic E-state index is 11.9. The number of rotatable bonds is 5. The molecule has 1 aliphatic heterocycles. The fourth-order valence-electron chi connectivity index (χ4n) is 2.37. The van der Waals surface area contributed by atoms with Crippen molar-refractivity contribution in [1.82, 2.24) is 9.55 Å². The van der Waals surface area contributed by atoms with Crippen molar-refractivity contribution in [3.63, 3.8) is 0 Å². The molecule has 1 aromatic rings. The Balaban J connectivity index is 2.41. The van der Waals surface area contributed by atoms with E-state index in [0.29, 0.717) is 0 Å². The summed E-state index contributed by atoms with van der Waals surface area (Å²) in [5.74, 6) is 0. The van der Waals surface area contributed by atoms with Crippen LogP contribution in [0.15, 0.2) is 27.0 Å². The molecule has 0 bridgehead atoms. The van der Waals surface area contributed by atoms with Gasteiger partial charge in [-0.15, -0.1) is 0 Å². The zero-order valence-corrected chi connectivity index (χ0v) is 13.9. The van der Waals surface area contributed by atoms with Crippen LogP contribution < -0.4 is 11.2 Å². The van der Waals surface area contributed by atoms with Crippen molar-refractivity contribution >= 4 is 18.5 Å². The average Bonchev–Trinajstić information content (AvgIpc) is 2.70. The second-order valence-corrected chi connectivity index (χ2v) is 7.86. The van der Waals surface area contributed by atoms with Gasteiger partial charge < -0.3 is 24.2 Å². The highest BCUT2D eigenvalue weighted by atomic mass is 32.5. The summed E-state index contributed by atoms with van der Waals surface area (Å²) in [7, 11) is 0. The monoisotopic (exact) mass is 379 g/mol. The van der Waals surface area contributed by atoms with Gasteiger partial charge in [0.1, 0.15) is 11.6 Å². The van der Waals surface area contributed by atoms with E-state index in [1.54, 1.807) is 0 Å². The average molecular weight is 379 g/mol. The van der Waals surface area contributed by atoms with Crippen molar-refractivity contribution in [3.05, 3.63) is 43.5 Å². The molecule has 2 rings (SSSR count). The van der Waals surface area contributed by atoms with Gasteiger partial charge in [-0.3, -0.25) is 14.3 Å². The van der Waals surface area contributed by atoms with Crippen molar-refractivity contribution in [2.75, 3.05) is 6.61 Å². The van der Waals surface area contributed by atoms with Gasteiger partial charge in [0.2, 0.25) is 0 Å². The number of aromatic nitrogens is 2. The smallest absolute Gasteiger partial charge is 0.330 e. The zero-order valence-electron chi connectivity index (χ0n) is 12.2. The number of H-pyrrole nitrogens is 1. The highest BCUT2D eigenvalue weighted by molar-refractivity contribution is 8.06. The quantitative estimate of drug-likeness (QED) is 0.219. The topological polar surface area (TPSA) is 183 Å².